The molecule has 1 aromatic rings. The van der Waals surface area contributed by atoms with Crippen LogP contribution in [0.3, 0.4) is 0 Å². The summed E-state index contributed by atoms with van der Waals surface area (Å²) >= 11 is 0. The fourth-order valence-corrected chi connectivity index (χ4v) is 3.07. The lowest BCUT2D eigenvalue weighted by molar-refractivity contribution is -0.122. The zero-order valence-corrected chi connectivity index (χ0v) is 12.8. The summed E-state index contributed by atoms with van der Waals surface area (Å²) in [4.78, 5) is 14.4. The van der Waals surface area contributed by atoms with Gasteiger partial charge in [0.15, 0.2) is 0 Å². The van der Waals surface area contributed by atoms with E-state index < -0.39 is 0 Å². The predicted molar refractivity (Wildman–Crippen MR) is 82.1 cm³/mol. The summed E-state index contributed by atoms with van der Waals surface area (Å²) in [7, 11) is 0. The second kappa shape index (κ2) is 7.20. The van der Waals surface area contributed by atoms with Crippen LogP contribution in [0.2, 0.25) is 0 Å². The highest BCUT2D eigenvalue weighted by atomic mass is 19.1. The van der Waals surface area contributed by atoms with Crippen LogP contribution in [0.25, 0.3) is 0 Å². The Morgan fingerprint density at radius 2 is 2.09 bits per heavy atom. The highest BCUT2D eigenvalue weighted by Crippen LogP contribution is 2.48. The summed E-state index contributed by atoms with van der Waals surface area (Å²) < 4.78 is 19.0. The van der Waals surface area contributed by atoms with Crippen LogP contribution in [0.15, 0.2) is 24.3 Å². The first kappa shape index (κ1) is 15.4. The van der Waals surface area contributed by atoms with Gasteiger partial charge < -0.3 is 10.1 Å². The molecular weight excluding hydrogens is 283 g/mol. The SMILES string of the molecule is O=C(NCCCN1CCOCC1)C1CC1c1ccccc1F. The summed E-state index contributed by atoms with van der Waals surface area (Å²) in [5.74, 6) is -0.133. The van der Waals surface area contributed by atoms with Crippen LogP contribution in [0.1, 0.15) is 24.3 Å². The Morgan fingerprint density at radius 1 is 1.32 bits per heavy atom. The number of nitrogens with zero attached hydrogens (tertiary/aromatic N) is 1. The summed E-state index contributed by atoms with van der Waals surface area (Å²) in [6.45, 7) is 5.25. The van der Waals surface area contributed by atoms with E-state index in [9.17, 15) is 9.18 Å². The maximum absolute atomic E-state index is 13.7. The standard InChI is InChI=1S/C17H23FN2O2/c18-16-5-2-1-4-13(16)14-12-15(14)17(21)19-6-3-7-20-8-10-22-11-9-20/h1-2,4-5,14-15H,3,6-12H2,(H,19,21). The topological polar surface area (TPSA) is 41.6 Å². The monoisotopic (exact) mass is 306 g/mol. The van der Waals surface area contributed by atoms with Crippen molar-refractivity contribution in [1.82, 2.24) is 10.2 Å². The first-order chi connectivity index (χ1) is 10.8. The molecule has 1 aliphatic carbocycles. The van der Waals surface area contributed by atoms with Gasteiger partial charge in [0.05, 0.1) is 13.2 Å². The average molecular weight is 306 g/mol. The minimum atomic E-state index is -0.199. The molecule has 0 spiro atoms. The number of benzene rings is 1. The van der Waals surface area contributed by atoms with Crippen LogP contribution in [-0.4, -0.2) is 50.2 Å². The third kappa shape index (κ3) is 3.84. The molecule has 1 aliphatic heterocycles. The summed E-state index contributed by atoms with van der Waals surface area (Å²) in [5.41, 5.74) is 0.677. The van der Waals surface area contributed by atoms with Gasteiger partial charge in [-0.15, -0.1) is 0 Å². The molecule has 0 radical (unpaired) electrons. The van der Waals surface area contributed by atoms with Crippen LogP contribution >= 0.6 is 0 Å². The van der Waals surface area contributed by atoms with Crippen molar-refractivity contribution in [3.8, 4) is 0 Å². The van der Waals surface area contributed by atoms with Crippen molar-refractivity contribution in [2.75, 3.05) is 39.4 Å². The molecule has 1 heterocycles. The number of hydrogen-bond donors (Lipinski definition) is 1. The summed E-state index contributed by atoms with van der Waals surface area (Å²) in [6, 6.07) is 6.76. The summed E-state index contributed by atoms with van der Waals surface area (Å²) in [5, 5.41) is 2.98. The highest BCUT2D eigenvalue weighted by Gasteiger charge is 2.44. The lowest BCUT2D eigenvalue weighted by atomic mass is 10.1. The number of ether oxygens (including phenoxy) is 1. The first-order valence-corrected chi connectivity index (χ1v) is 8.08. The Bertz CT molecular complexity index is 517. The van der Waals surface area contributed by atoms with E-state index in [1.54, 1.807) is 12.1 Å². The van der Waals surface area contributed by atoms with E-state index in [4.69, 9.17) is 4.74 Å². The van der Waals surface area contributed by atoms with Crippen molar-refractivity contribution in [1.29, 1.82) is 0 Å². The number of halogens is 1. The van der Waals surface area contributed by atoms with Gasteiger partial charge in [0.1, 0.15) is 5.82 Å². The molecule has 1 aromatic carbocycles. The van der Waals surface area contributed by atoms with Crippen molar-refractivity contribution in [3.05, 3.63) is 35.6 Å². The van der Waals surface area contributed by atoms with E-state index in [0.717, 1.165) is 45.7 Å². The lowest BCUT2D eigenvalue weighted by Crippen LogP contribution is -2.38. The number of rotatable bonds is 6. The zero-order valence-electron chi connectivity index (χ0n) is 12.8. The van der Waals surface area contributed by atoms with Gasteiger partial charge in [-0.2, -0.15) is 0 Å². The summed E-state index contributed by atoms with van der Waals surface area (Å²) in [6.07, 6.45) is 1.71. The molecule has 22 heavy (non-hydrogen) atoms. The van der Waals surface area contributed by atoms with Crippen molar-refractivity contribution in [2.24, 2.45) is 5.92 Å². The molecule has 1 amide bonds. The van der Waals surface area contributed by atoms with Crippen LogP contribution in [0.4, 0.5) is 4.39 Å². The number of nitrogens with one attached hydrogen (secondary N) is 1. The quantitative estimate of drug-likeness (QED) is 0.815. The molecule has 5 heteroatoms. The molecule has 4 nitrogen and oxygen atoms in total. The van der Waals surface area contributed by atoms with E-state index in [0.29, 0.717) is 12.1 Å². The van der Waals surface area contributed by atoms with E-state index >= 15 is 0 Å². The van der Waals surface area contributed by atoms with Gasteiger partial charge >= 0.3 is 0 Å². The second-order valence-corrected chi connectivity index (χ2v) is 6.07. The second-order valence-electron chi connectivity index (χ2n) is 6.07. The van der Waals surface area contributed by atoms with Crippen LogP contribution in [0.5, 0.6) is 0 Å². The molecule has 120 valence electrons. The Kier molecular flexibility index (Phi) is 5.05. The Hall–Kier alpha value is -1.46. The number of morpholine rings is 1. The molecule has 2 atom stereocenters. The Balaban J connectivity index is 1.36. The molecule has 0 aromatic heterocycles. The van der Waals surface area contributed by atoms with E-state index in [1.165, 1.54) is 6.07 Å². The average Bonchev–Trinajstić information content (AvgIpc) is 3.33. The fourth-order valence-electron chi connectivity index (χ4n) is 3.07. The molecule has 1 saturated heterocycles. The van der Waals surface area contributed by atoms with Crippen LogP contribution < -0.4 is 5.32 Å². The maximum Gasteiger partial charge on any atom is 0.223 e. The number of hydrogen-bond acceptors (Lipinski definition) is 3. The largest absolute Gasteiger partial charge is 0.379 e. The van der Waals surface area contributed by atoms with Gasteiger partial charge in [-0.25, -0.2) is 4.39 Å². The Labute approximate surface area is 130 Å². The van der Waals surface area contributed by atoms with Crippen molar-refractivity contribution in [2.45, 2.75) is 18.8 Å². The maximum atomic E-state index is 13.7. The van der Waals surface area contributed by atoms with Crippen molar-refractivity contribution >= 4 is 5.91 Å². The lowest BCUT2D eigenvalue weighted by Gasteiger charge is -2.26. The van der Waals surface area contributed by atoms with Gasteiger partial charge in [-0.3, -0.25) is 9.69 Å². The smallest absolute Gasteiger partial charge is 0.223 e. The van der Waals surface area contributed by atoms with Gasteiger partial charge in [-0.1, -0.05) is 18.2 Å². The van der Waals surface area contributed by atoms with Gasteiger partial charge in [-0.05, 0) is 36.9 Å². The van der Waals surface area contributed by atoms with E-state index in [1.807, 2.05) is 6.07 Å². The minimum Gasteiger partial charge on any atom is -0.379 e. The number of amides is 1. The molecule has 3 rings (SSSR count). The Morgan fingerprint density at radius 3 is 2.86 bits per heavy atom. The first-order valence-electron chi connectivity index (χ1n) is 8.08. The van der Waals surface area contributed by atoms with Gasteiger partial charge in [0, 0.05) is 25.6 Å². The minimum absolute atomic E-state index is 0.0553. The van der Waals surface area contributed by atoms with E-state index in [-0.39, 0.29) is 23.6 Å². The molecule has 2 unspecified atom stereocenters. The fraction of sp³-hybridized carbons (Fsp3) is 0.588. The van der Waals surface area contributed by atoms with E-state index in [2.05, 4.69) is 10.2 Å². The van der Waals surface area contributed by atoms with Crippen LogP contribution in [0, 0.1) is 11.7 Å². The molecular formula is C17H23FN2O2. The number of carbonyl (C=O) groups excluding carboxylic acids is 1. The van der Waals surface area contributed by atoms with Crippen molar-refractivity contribution in [3.63, 3.8) is 0 Å². The molecule has 1 N–H and O–H groups in total. The van der Waals surface area contributed by atoms with Gasteiger partial charge in [0.2, 0.25) is 5.91 Å². The van der Waals surface area contributed by atoms with Gasteiger partial charge in [0.25, 0.3) is 0 Å². The number of carbonyl (C=O) groups is 1. The molecule has 2 aliphatic rings. The molecule has 2 fully saturated rings. The van der Waals surface area contributed by atoms with Crippen LogP contribution in [-0.2, 0) is 9.53 Å². The predicted octanol–water partition coefficient (Wildman–Crippen LogP) is 1.77. The highest BCUT2D eigenvalue weighted by molar-refractivity contribution is 5.82. The molecule has 0 bridgehead atoms. The zero-order chi connectivity index (χ0) is 15.4. The normalized spacial score (nSPS) is 25.0. The third-order valence-corrected chi connectivity index (χ3v) is 4.49. The third-order valence-electron chi connectivity index (χ3n) is 4.49. The molecule has 1 saturated carbocycles. The van der Waals surface area contributed by atoms with Crippen molar-refractivity contribution < 1.29 is 13.9 Å².